The van der Waals surface area contributed by atoms with E-state index in [-0.39, 0.29) is 17.9 Å². The average Bonchev–Trinajstić information content (AvgIpc) is 3.24. The number of aliphatic carboxylic acids is 1. The molecule has 0 spiro atoms. The average molecular weight is 285 g/mol. The third kappa shape index (κ3) is 3.93. The number of ether oxygens (including phenoxy) is 2. The normalized spacial score (nSPS) is 26.6. The quantitative estimate of drug-likeness (QED) is 0.699. The number of carboxylic acids is 1. The number of nitrogens with zero attached hydrogens (tertiary/aromatic N) is 1. The first-order chi connectivity index (χ1) is 9.63. The second kappa shape index (κ2) is 7.04. The maximum Gasteiger partial charge on any atom is 0.307 e. The van der Waals surface area contributed by atoms with Crippen LogP contribution >= 0.6 is 0 Å². The van der Waals surface area contributed by atoms with Crippen molar-refractivity contribution in [1.29, 1.82) is 0 Å². The van der Waals surface area contributed by atoms with Crippen LogP contribution in [-0.4, -0.2) is 61.4 Å². The van der Waals surface area contributed by atoms with E-state index in [1.54, 1.807) is 12.0 Å². The van der Waals surface area contributed by atoms with Gasteiger partial charge in [0.25, 0.3) is 0 Å². The Hall–Kier alpha value is -1.14. The number of carbonyl (C=O) groups excluding carboxylic acids is 1. The van der Waals surface area contributed by atoms with Crippen molar-refractivity contribution in [1.82, 2.24) is 4.90 Å². The number of amides is 1. The predicted molar refractivity (Wildman–Crippen MR) is 71.3 cm³/mol. The molecule has 2 unspecified atom stereocenters. The highest BCUT2D eigenvalue weighted by Crippen LogP contribution is 2.40. The SMILES string of the molecule is COCCCOC1CCN(C(=O)C2CC2C(=O)O)CC1. The van der Waals surface area contributed by atoms with Crippen molar-refractivity contribution in [2.24, 2.45) is 11.8 Å². The molecule has 1 aliphatic carbocycles. The second-order valence-electron chi connectivity index (χ2n) is 5.53. The molecule has 1 saturated carbocycles. The molecule has 6 nitrogen and oxygen atoms in total. The summed E-state index contributed by atoms with van der Waals surface area (Å²) in [5.74, 6) is -1.58. The molecular formula is C14H23NO5. The second-order valence-corrected chi connectivity index (χ2v) is 5.53. The van der Waals surface area contributed by atoms with E-state index in [0.717, 1.165) is 19.3 Å². The van der Waals surface area contributed by atoms with Gasteiger partial charge >= 0.3 is 5.97 Å². The summed E-state index contributed by atoms with van der Waals surface area (Å²) in [5.41, 5.74) is 0. The summed E-state index contributed by atoms with van der Waals surface area (Å²) in [6.07, 6.45) is 3.27. The van der Waals surface area contributed by atoms with Crippen molar-refractivity contribution in [3.63, 3.8) is 0 Å². The standard InChI is InChI=1S/C14H23NO5/c1-19-7-2-8-20-10-3-5-15(6-4-10)13(16)11-9-12(11)14(17)18/h10-12H,2-9H2,1H3,(H,17,18). The third-order valence-corrected chi connectivity index (χ3v) is 4.02. The Balaban J connectivity index is 1.64. The van der Waals surface area contributed by atoms with Gasteiger partial charge in [-0.2, -0.15) is 0 Å². The van der Waals surface area contributed by atoms with Gasteiger partial charge in [0.15, 0.2) is 0 Å². The van der Waals surface area contributed by atoms with Gasteiger partial charge in [-0.25, -0.2) is 0 Å². The van der Waals surface area contributed by atoms with E-state index in [1.807, 2.05) is 0 Å². The van der Waals surface area contributed by atoms with Crippen molar-refractivity contribution in [2.45, 2.75) is 31.8 Å². The first-order valence-corrected chi connectivity index (χ1v) is 7.25. The number of methoxy groups -OCH3 is 1. The van der Waals surface area contributed by atoms with Gasteiger partial charge in [0, 0.05) is 33.4 Å². The largest absolute Gasteiger partial charge is 0.481 e. The van der Waals surface area contributed by atoms with Gasteiger partial charge in [0.1, 0.15) is 0 Å². The van der Waals surface area contributed by atoms with Gasteiger partial charge in [-0.3, -0.25) is 9.59 Å². The zero-order chi connectivity index (χ0) is 14.5. The van der Waals surface area contributed by atoms with Gasteiger partial charge in [0.05, 0.1) is 17.9 Å². The number of hydrogen-bond donors (Lipinski definition) is 1. The Morgan fingerprint density at radius 1 is 1.20 bits per heavy atom. The van der Waals surface area contributed by atoms with Crippen molar-refractivity contribution < 1.29 is 24.2 Å². The molecule has 20 heavy (non-hydrogen) atoms. The number of piperidine rings is 1. The number of carboxylic acid groups (broad SMARTS) is 1. The van der Waals surface area contributed by atoms with Gasteiger partial charge < -0.3 is 19.5 Å². The van der Waals surface area contributed by atoms with Crippen LogP contribution in [0.2, 0.25) is 0 Å². The lowest BCUT2D eigenvalue weighted by molar-refractivity contribution is -0.142. The molecule has 2 aliphatic rings. The molecule has 0 aromatic carbocycles. The molecule has 0 aromatic heterocycles. The van der Waals surface area contributed by atoms with E-state index in [2.05, 4.69) is 0 Å². The van der Waals surface area contributed by atoms with Crippen LogP contribution in [0, 0.1) is 11.8 Å². The van der Waals surface area contributed by atoms with Crippen LogP contribution < -0.4 is 0 Å². The summed E-state index contributed by atoms with van der Waals surface area (Å²) in [5, 5.41) is 8.85. The van der Waals surface area contributed by atoms with Crippen molar-refractivity contribution in [3.8, 4) is 0 Å². The maximum atomic E-state index is 12.1. The number of carbonyl (C=O) groups is 2. The molecule has 1 heterocycles. The summed E-state index contributed by atoms with van der Waals surface area (Å²) in [6.45, 7) is 2.75. The lowest BCUT2D eigenvalue weighted by Gasteiger charge is -2.32. The van der Waals surface area contributed by atoms with Crippen molar-refractivity contribution >= 4 is 11.9 Å². The van der Waals surface area contributed by atoms with Crippen LogP contribution in [0.5, 0.6) is 0 Å². The summed E-state index contributed by atoms with van der Waals surface area (Å²) >= 11 is 0. The van der Waals surface area contributed by atoms with E-state index in [0.29, 0.717) is 32.7 Å². The van der Waals surface area contributed by atoms with E-state index in [1.165, 1.54) is 0 Å². The summed E-state index contributed by atoms with van der Waals surface area (Å²) in [7, 11) is 1.67. The minimum absolute atomic E-state index is 0.00947. The van der Waals surface area contributed by atoms with E-state index >= 15 is 0 Å². The Morgan fingerprint density at radius 3 is 2.45 bits per heavy atom. The van der Waals surface area contributed by atoms with E-state index in [4.69, 9.17) is 14.6 Å². The molecule has 1 N–H and O–H groups in total. The van der Waals surface area contributed by atoms with E-state index in [9.17, 15) is 9.59 Å². The fraction of sp³-hybridized carbons (Fsp3) is 0.857. The molecule has 0 radical (unpaired) electrons. The Labute approximate surface area is 119 Å². The molecule has 2 fully saturated rings. The van der Waals surface area contributed by atoms with Crippen molar-refractivity contribution in [2.75, 3.05) is 33.4 Å². The summed E-state index contributed by atoms with van der Waals surface area (Å²) in [4.78, 5) is 24.7. The minimum atomic E-state index is -0.847. The van der Waals surface area contributed by atoms with Crippen LogP contribution in [0.1, 0.15) is 25.7 Å². The lowest BCUT2D eigenvalue weighted by atomic mass is 10.1. The fourth-order valence-corrected chi connectivity index (χ4v) is 2.67. The van der Waals surface area contributed by atoms with E-state index < -0.39 is 11.9 Å². The van der Waals surface area contributed by atoms with Crippen LogP contribution in [0.3, 0.4) is 0 Å². The fourth-order valence-electron chi connectivity index (χ4n) is 2.67. The number of hydrogen-bond acceptors (Lipinski definition) is 4. The summed E-state index contributed by atoms with van der Waals surface area (Å²) < 4.78 is 10.7. The van der Waals surface area contributed by atoms with Crippen LogP contribution in [-0.2, 0) is 19.1 Å². The van der Waals surface area contributed by atoms with Crippen LogP contribution in [0.15, 0.2) is 0 Å². The summed E-state index contributed by atoms with van der Waals surface area (Å²) in [6, 6.07) is 0. The molecule has 1 amide bonds. The molecule has 2 atom stereocenters. The molecule has 1 aliphatic heterocycles. The van der Waals surface area contributed by atoms with Crippen molar-refractivity contribution in [3.05, 3.63) is 0 Å². The zero-order valence-corrected chi connectivity index (χ0v) is 11.9. The molecule has 0 bridgehead atoms. The molecule has 114 valence electrons. The molecule has 1 saturated heterocycles. The molecule has 2 rings (SSSR count). The first kappa shape index (κ1) is 15.3. The number of rotatable bonds is 7. The highest BCUT2D eigenvalue weighted by atomic mass is 16.5. The minimum Gasteiger partial charge on any atom is -0.481 e. The van der Waals surface area contributed by atoms with Gasteiger partial charge in [0.2, 0.25) is 5.91 Å². The van der Waals surface area contributed by atoms with Gasteiger partial charge in [-0.1, -0.05) is 0 Å². The topological polar surface area (TPSA) is 76.1 Å². The Morgan fingerprint density at radius 2 is 1.90 bits per heavy atom. The van der Waals surface area contributed by atoms with Crippen LogP contribution in [0.4, 0.5) is 0 Å². The molecular weight excluding hydrogens is 262 g/mol. The highest BCUT2D eigenvalue weighted by Gasteiger charge is 2.50. The zero-order valence-electron chi connectivity index (χ0n) is 11.9. The van der Waals surface area contributed by atoms with Gasteiger partial charge in [-0.15, -0.1) is 0 Å². The van der Waals surface area contributed by atoms with Crippen LogP contribution in [0.25, 0.3) is 0 Å². The lowest BCUT2D eigenvalue weighted by Crippen LogP contribution is -2.42. The number of likely N-dealkylation sites (tertiary alicyclic amines) is 1. The Bertz CT molecular complexity index is 351. The Kier molecular flexibility index (Phi) is 5.37. The smallest absolute Gasteiger partial charge is 0.307 e. The monoisotopic (exact) mass is 285 g/mol. The molecule has 6 heteroatoms. The highest BCUT2D eigenvalue weighted by molar-refractivity contribution is 5.89. The maximum absolute atomic E-state index is 12.1. The predicted octanol–water partition coefficient (Wildman–Crippen LogP) is 0.751. The molecule has 0 aromatic rings. The first-order valence-electron chi connectivity index (χ1n) is 7.25. The third-order valence-electron chi connectivity index (χ3n) is 4.02. The van der Waals surface area contributed by atoms with Gasteiger partial charge in [-0.05, 0) is 25.7 Å².